The highest BCUT2D eigenvalue weighted by Crippen LogP contribution is 2.26. The molecule has 0 spiro atoms. The summed E-state index contributed by atoms with van der Waals surface area (Å²) in [5.41, 5.74) is 1.91. The van der Waals surface area contributed by atoms with Crippen LogP contribution in [0.15, 0.2) is 59.1 Å². The first-order valence-electron chi connectivity index (χ1n) is 6.42. The summed E-state index contributed by atoms with van der Waals surface area (Å²) in [6.07, 6.45) is 0. The molecule has 0 aliphatic rings. The number of halogens is 2. The Morgan fingerprint density at radius 2 is 1.82 bits per heavy atom. The lowest BCUT2D eigenvalue weighted by Gasteiger charge is -2.05. The Hall–Kier alpha value is -2.30. The SMILES string of the molecule is O=C(Nc1ccc(Cl)cc1Cl)c1cc(-c2ccccc2)no1. The summed E-state index contributed by atoms with van der Waals surface area (Å²) >= 11 is 11.8. The number of amides is 1. The predicted molar refractivity (Wildman–Crippen MR) is 86.4 cm³/mol. The average Bonchev–Trinajstić information content (AvgIpc) is 3.01. The molecule has 0 saturated carbocycles. The van der Waals surface area contributed by atoms with Gasteiger partial charge >= 0.3 is 0 Å². The predicted octanol–water partition coefficient (Wildman–Crippen LogP) is 4.90. The van der Waals surface area contributed by atoms with Gasteiger partial charge in [0.05, 0.1) is 10.7 Å². The van der Waals surface area contributed by atoms with Crippen molar-refractivity contribution >= 4 is 34.8 Å². The van der Waals surface area contributed by atoms with E-state index in [9.17, 15) is 4.79 Å². The van der Waals surface area contributed by atoms with E-state index in [1.807, 2.05) is 30.3 Å². The van der Waals surface area contributed by atoms with Crippen LogP contribution in [0, 0.1) is 0 Å². The number of benzene rings is 2. The number of nitrogens with one attached hydrogen (secondary N) is 1. The molecule has 0 fully saturated rings. The van der Waals surface area contributed by atoms with E-state index in [1.165, 1.54) is 0 Å². The molecule has 22 heavy (non-hydrogen) atoms. The summed E-state index contributed by atoms with van der Waals surface area (Å²) in [7, 11) is 0. The minimum absolute atomic E-state index is 0.102. The Kier molecular flexibility index (Phi) is 4.13. The van der Waals surface area contributed by atoms with Crippen LogP contribution in [0.2, 0.25) is 10.0 Å². The van der Waals surface area contributed by atoms with Gasteiger partial charge in [-0.25, -0.2) is 0 Å². The Morgan fingerprint density at radius 1 is 1.05 bits per heavy atom. The largest absolute Gasteiger partial charge is 0.350 e. The number of rotatable bonds is 3. The van der Waals surface area contributed by atoms with E-state index in [-0.39, 0.29) is 5.76 Å². The van der Waals surface area contributed by atoms with E-state index in [0.29, 0.717) is 21.4 Å². The maximum atomic E-state index is 12.2. The van der Waals surface area contributed by atoms with E-state index < -0.39 is 5.91 Å². The van der Waals surface area contributed by atoms with Crippen LogP contribution in [0.25, 0.3) is 11.3 Å². The summed E-state index contributed by atoms with van der Waals surface area (Å²) in [5, 5.41) is 7.40. The molecule has 2 aromatic carbocycles. The van der Waals surface area contributed by atoms with Crippen molar-refractivity contribution in [3.8, 4) is 11.3 Å². The highest BCUT2D eigenvalue weighted by Gasteiger charge is 2.15. The molecule has 1 heterocycles. The molecule has 1 N–H and O–H groups in total. The van der Waals surface area contributed by atoms with Gasteiger partial charge in [0.1, 0.15) is 5.69 Å². The molecule has 0 aliphatic heterocycles. The van der Waals surface area contributed by atoms with Gasteiger partial charge in [0, 0.05) is 16.7 Å². The van der Waals surface area contributed by atoms with Gasteiger partial charge in [0.25, 0.3) is 5.91 Å². The molecule has 0 radical (unpaired) electrons. The standard InChI is InChI=1S/C16H10Cl2N2O2/c17-11-6-7-13(12(18)8-11)19-16(21)15-9-14(20-22-15)10-4-2-1-3-5-10/h1-9H,(H,19,21). The van der Waals surface area contributed by atoms with Crippen molar-refractivity contribution in [2.75, 3.05) is 5.32 Å². The van der Waals surface area contributed by atoms with Crippen molar-refractivity contribution in [3.05, 3.63) is 70.4 Å². The number of hydrogen-bond donors (Lipinski definition) is 1. The Labute approximate surface area is 136 Å². The fraction of sp³-hybridized carbons (Fsp3) is 0. The van der Waals surface area contributed by atoms with E-state index >= 15 is 0 Å². The Morgan fingerprint density at radius 3 is 2.55 bits per heavy atom. The monoisotopic (exact) mass is 332 g/mol. The van der Waals surface area contributed by atoms with Crippen molar-refractivity contribution in [2.24, 2.45) is 0 Å². The van der Waals surface area contributed by atoms with Crippen molar-refractivity contribution in [1.82, 2.24) is 5.16 Å². The van der Waals surface area contributed by atoms with Gasteiger partial charge in [0.15, 0.2) is 0 Å². The lowest BCUT2D eigenvalue weighted by molar-refractivity contribution is 0.0988. The molecule has 4 nitrogen and oxygen atoms in total. The molecule has 0 bridgehead atoms. The van der Waals surface area contributed by atoms with Gasteiger partial charge in [0.2, 0.25) is 5.76 Å². The van der Waals surface area contributed by atoms with Crippen molar-refractivity contribution < 1.29 is 9.32 Å². The highest BCUT2D eigenvalue weighted by molar-refractivity contribution is 6.36. The van der Waals surface area contributed by atoms with E-state index in [1.54, 1.807) is 24.3 Å². The first-order chi connectivity index (χ1) is 10.6. The van der Waals surface area contributed by atoms with Crippen LogP contribution >= 0.6 is 23.2 Å². The van der Waals surface area contributed by atoms with Gasteiger partial charge < -0.3 is 9.84 Å². The van der Waals surface area contributed by atoms with Crippen LogP contribution in [-0.2, 0) is 0 Å². The maximum Gasteiger partial charge on any atom is 0.294 e. The van der Waals surface area contributed by atoms with Crippen LogP contribution < -0.4 is 5.32 Å². The minimum atomic E-state index is -0.432. The molecule has 3 aromatic rings. The molecule has 6 heteroatoms. The van der Waals surface area contributed by atoms with Gasteiger partial charge in [-0.1, -0.05) is 58.7 Å². The minimum Gasteiger partial charge on any atom is -0.350 e. The normalized spacial score (nSPS) is 10.5. The summed E-state index contributed by atoms with van der Waals surface area (Å²) in [6, 6.07) is 15.8. The second-order valence-electron chi connectivity index (χ2n) is 4.52. The van der Waals surface area contributed by atoms with Gasteiger partial charge in [-0.2, -0.15) is 0 Å². The van der Waals surface area contributed by atoms with Crippen LogP contribution in [0.3, 0.4) is 0 Å². The fourth-order valence-electron chi connectivity index (χ4n) is 1.90. The zero-order valence-electron chi connectivity index (χ0n) is 11.2. The first kappa shape index (κ1) is 14.6. The van der Waals surface area contributed by atoms with Gasteiger partial charge in [-0.05, 0) is 18.2 Å². The molecule has 0 atom stereocenters. The van der Waals surface area contributed by atoms with Crippen molar-refractivity contribution in [1.29, 1.82) is 0 Å². The zero-order chi connectivity index (χ0) is 15.5. The third kappa shape index (κ3) is 3.13. The third-order valence-electron chi connectivity index (χ3n) is 2.98. The molecule has 3 rings (SSSR count). The molecule has 1 aromatic heterocycles. The van der Waals surface area contributed by atoms with Crippen LogP contribution in [0.4, 0.5) is 5.69 Å². The lowest BCUT2D eigenvalue weighted by Crippen LogP contribution is -2.11. The van der Waals surface area contributed by atoms with Crippen LogP contribution in [-0.4, -0.2) is 11.1 Å². The highest BCUT2D eigenvalue weighted by atomic mass is 35.5. The molecule has 0 saturated heterocycles. The number of nitrogens with zero attached hydrogens (tertiary/aromatic N) is 1. The maximum absolute atomic E-state index is 12.2. The molecule has 0 aliphatic carbocycles. The number of hydrogen-bond acceptors (Lipinski definition) is 3. The number of aromatic nitrogens is 1. The van der Waals surface area contributed by atoms with E-state index in [0.717, 1.165) is 5.56 Å². The number of carbonyl (C=O) groups excluding carboxylic acids is 1. The number of anilines is 1. The lowest BCUT2D eigenvalue weighted by atomic mass is 10.1. The summed E-state index contributed by atoms with van der Waals surface area (Å²) in [4.78, 5) is 12.2. The molecular weight excluding hydrogens is 323 g/mol. The second-order valence-corrected chi connectivity index (χ2v) is 5.36. The molecule has 1 amide bonds. The fourth-order valence-corrected chi connectivity index (χ4v) is 2.36. The summed E-state index contributed by atoms with van der Waals surface area (Å²) < 4.78 is 5.09. The average molecular weight is 333 g/mol. The Balaban J connectivity index is 1.80. The van der Waals surface area contributed by atoms with E-state index in [2.05, 4.69) is 10.5 Å². The Bertz CT molecular complexity index is 816. The van der Waals surface area contributed by atoms with Crippen LogP contribution in [0.1, 0.15) is 10.6 Å². The number of carbonyl (C=O) groups is 1. The molecule has 0 unspecified atom stereocenters. The molecule has 110 valence electrons. The van der Waals surface area contributed by atoms with Gasteiger partial charge in [-0.3, -0.25) is 4.79 Å². The molecular formula is C16H10Cl2N2O2. The topological polar surface area (TPSA) is 55.1 Å². The first-order valence-corrected chi connectivity index (χ1v) is 7.17. The van der Waals surface area contributed by atoms with E-state index in [4.69, 9.17) is 27.7 Å². The second kappa shape index (κ2) is 6.22. The third-order valence-corrected chi connectivity index (χ3v) is 3.53. The summed E-state index contributed by atoms with van der Waals surface area (Å²) in [5.74, 6) is -0.330. The van der Waals surface area contributed by atoms with Crippen molar-refractivity contribution in [3.63, 3.8) is 0 Å². The quantitative estimate of drug-likeness (QED) is 0.742. The van der Waals surface area contributed by atoms with Gasteiger partial charge in [-0.15, -0.1) is 0 Å². The van der Waals surface area contributed by atoms with Crippen LogP contribution in [0.5, 0.6) is 0 Å². The smallest absolute Gasteiger partial charge is 0.294 e. The summed E-state index contributed by atoms with van der Waals surface area (Å²) in [6.45, 7) is 0. The zero-order valence-corrected chi connectivity index (χ0v) is 12.7. The van der Waals surface area contributed by atoms with Crippen molar-refractivity contribution in [2.45, 2.75) is 0 Å².